The van der Waals surface area contributed by atoms with Gasteiger partial charge in [-0.2, -0.15) is 4.99 Å². The molecule has 11 heteroatoms. The molecule has 0 saturated heterocycles. The number of hydrogen-bond donors (Lipinski definition) is 0. The van der Waals surface area contributed by atoms with E-state index in [1.54, 1.807) is 24.3 Å². The van der Waals surface area contributed by atoms with Gasteiger partial charge in [-0.15, -0.1) is 0 Å². The topological polar surface area (TPSA) is 116 Å². The fraction of sp³-hybridized carbons (Fsp3) is 0.190. The molecule has 2 aliphatic rings. The first kappa shape index (κ1) is 19.9. The van der Waals surface area contributed by atoms with Gasteiger partial charge in [0.15, 0.2) is 16.3 Å². The van der Waals surface area contributed by atoms with E-state index in [9.17, 15) is 19.2 Å². The van der Waals surface area contributed by atoms with Crippen LogP contribution in [0.25, 0.3) is 10.2 Å². The smallest absolute Gasteiger partial charge is 0.325 e. The van der Waals surface area contributed by atoms with Crippen LogP contribution in [0.5, 0.6) is 11.5 Å². The third kappa shape index (κ3) is 3.23. The van der Waals surface area contributed by atoms with Gasteiger partial charge >= 0.3 is 5.97 Å². The van der Waals surface area contributed by atoms with Gasteiger partial charge in [-0.3, -0.25) is 24.1 Å². The Balaban J connectivity index is 1.51. The average Bonchev–Trinajstić information content (AvgIpc) is 3.44. The van der Waals surface area contributed by atoms with Crippen LogP contribution < -0.4 is 14.3 Å². The van der Waals surface area contributed by atoms with Crippen molar-refractivity contribution in [2.75, 3.05) is 20.4 Å². The molecule has 2 aliphatic heterocycles. The number of methoxy groups -OCH3 is 1. The minimum Gasteiger partial charge on any atom is -0.468 e. The summed E-state index contributed by atoms with van der Waals surface area (Å²) in [6.45, 7) is -0.601. The van der Waals surface area contributed by atoms with Crippen LogP contribution in [0.1, 0.15) is 20.7 Å². The van der Waals surface area contributed by atoms with Crippen molar-refractivity contribution < 1.29 is 33.4 Å². The molecule has 0 spiro atoms. The molecular weight excluding hydrogens is 438 g/mol. The maximum atomic E-state index is 12.7. The van der Waals surface area contributed by atoms with E-state index in [1.165, 1.54) is 23.8 Å². The molecule has 0 atom stereocenters. The van der Waals surface area contributed by atoms with Crippen LogP contribution in [-0.4, -0.2) is 53.6 Å². The minimum absolute atomic E-state index is 0.0968. The summed E-state index contributed by atoms with van der Waals surface area (Å²) in [7, 11) is 1.26. The van der Waals surface area contributed by atoms with Crippen LogP contribution in [0.4, 0.5) is 0 Å². The van der Waals surface area contributed by atoms with E-state index in [2.05, 4.69) is 4.99 Å². The maximum Gasteiger partial charge on any atom is 0.325 e. The Labute approximate surface area is 184 Å². The van der Waals surface area contributed by atoms with Crippen molar-refractivity contribution in [3.8, 4) is 11.5 Å². The minimum atomic E-state index is -0.704. The number of ether oxygens (including phenoxy) is 3. The standard InChI is InChI=1S/C21H15N3O7S/c1-29-18(26)9-23-13-6-14-15(31-10-30-14)7-16(13)32-21(23)22-17(25)8-24-19(27)11-4-2-3-5-12(11)20(24)28/h2-7H,8-10H2,1H3. The van der Waals surface area contributed by atoms with Gasteiger partial charge in [0.2, 0.25) is 6.79 Å². The molecule has 3 amide bonds. The molecule has 0 aliphatic carbocycles. The number of nitrogens with zero attached hydrogens (tertiary/aromatic N) is 3. The van der Waals surface area contributed by atoms with Crippen LogP contribution in [0, 0.1) is 0 Å². The lowest BCUT2D eigenvalue weighted by Gasteiger charge is -2.10. The monoisotopic (exact) mass is 453 g/mol. The molecule has 5 rings (SSSR count). The number of imide groups is 1. The number of carbonyl (C=O) groups excluding carboxylic acids is 4. The summed E-state index contributed by atoms with van der Waals surface area (Å²) >= 11 is 1.16. The summed E-state index contributed by atoms with van der Waals surface area (Å²) in [4.78, 5) is 54.9. The molecule has 0 radical (unpaired) electrons. The van der Waals surface area contributed by atoms with Crippen LogP contribution in [0.15, 0.2) is 41.4 Å². The summed E-state index contributed by atoms with van der Waals surface area (Å²) in [6.07, 6.45) is 0. The molecule has 0 N–H and O–H groups in total. The molecule has 0 fully saturated rings. The lowest BCUT2D eigenvalue weighted by atomic mass is 10.1. The highest BCUT2D eigenvalue weighted by atomic mass is 32.1. The summed E-state index contributed by atoms with van der Waals surface area (Å²) in [5, 5.41) is 0. The Morgan fingerprint density at radius 1 is 1.06 bits per heavy atom. The third-order valence-corrected chi connectivity index (χ3v) is 6.13. The first-order valence-electron chi connectivity index (χ1n) is 9.49. The Morgan fingerprint density at radius 2 is 1.72 bits per heavy atom. The molecule has 3 heterocycles. The molecule has 0 bridgehead atoms. The van der Waals surface area contributed by atoms with Gasteiger partial charge < -0.3 is 18.8 Å². The Hall–Kier alpha value is -3.99. The van der Waals surface area contributed by atoms with Crippen molar-refractivity contribution in [3.05, 3.63) is 52.3 Å². The number of fused-ring (bicyclic) bond motifs is 3. The number of rotatable bonds is 4. The van der Waals surface area contributed by atoms with Gasteiger partial charge in [0.1, 0.15) is 13.1 Å². The van der Waals surface area contributed by atoms with Gasteiger partial charge in [0, 0.05) is 12.1 Å². The van der Waals surface area contributed by atoms with Gasteiger partial charge in [0.05, 0.1) is 28.5 Å². The molecule has 162 valence electrons. The summed E-state index contributed by atoms with van der Waals surface area (Å²) < 4.78 is 17.8. The lowest BCUT2D eigenvalue weighted by molar-refractivity contribution is -0.141. The van der Waals surface area contributed by atoms with Gasteiger partial charge in [-0.1, -0.05) is 23.5 Å². The summed E-state index contributed by atoms with van der Waals surface area (Å²) in [6, 6.07) is 9.82. The van der Waals surface area contributed by atoms with E-state index in [0.717, 1.165) is 16.2 Å². The number of carbonyl (C=O) groups is 4. The third-order valence-electron chi connectivity index (χ3n) is 5.08. The van der Waals surface area contributed by atoms with E-state index < -0.39 is 30.2 Å². The molecule has 32 heavy (non-hydrogen) atoms. The number of benzene rings is 2. The normalized spacial score (nSPS) is 14.9. The van der Waals surface area contributed by atoms with Crippen molar-refractivity contribution in [2.45, 2.75) is 6.54 Å². The van der Waals surface area contributed by atoms with E-state index in [-0.39, 0.29) is 29.3 Å². The van der Waals surface area contributed by atoms with Crippen molar-refractivity contribution >= 4 is 45.2 Å². The van der Waals surface area contributed by atoms with Crippen molar-refractivity contribution in [3.63, 3.8) is 0 Å². The number of thiazole rings is 1. The van der Waals surface area contributed by atoms with Gasteiger partial charge in [-0.25, -0.2) is 0 Å². The number of amides is 3. The number of hydrogen-bond acceptors (Lipinski definition) is 8. The zero-order chi connectivity index (χ0) is 22.4. The predicted molar refractivity (Wildman–Crippen MR) is 110 cm³/mol. The molecule has 3 aromatic rings. The van der Waals surface area contributed by atoms with Gasteiger partial charge in [0.25, 0.3) is 17.7 Å². The van der Waals surface area contributed by atoms with Crippen molar-refractivity contribution in [1.82, 2.24) is 9.47 Å². The maximum absolute atomic E-state index is 12.7. The van der Waals surface area contributed by atoms with E-state index >= 15 is 0 Å². The second-order valence-electron chi connectivity index (χ2n) is 6.97. The highest BCUT2D eigenvalue weighted by molar-refractivity contribution is 7.16. The second-order valence-corrected chi connectivity index (χ2v) is 7.98. The van der Waals surface area contributed by atoms with E-state index in [0.29, 0.717) is 21.7 Å². The Kier molecular flexibility index (Phi) is 4.74. The SMILES string of the molecule is COC(=O)Cn1c(=NC(=O)CN2C(=O)c3ccccc3C2=O)sc2cc3c(cc21)OCO3. The van der Waals surface area contributed by atoms with Crippen LogP contribution in [0.2, 0.25) is 0 Å². The molecule has 0 unspecified atom stereocenters. The quantitative estimate of drug-likeness (QED) is 0.432. The molecule has 1 aromatic heterocycles. The van der Waals surface area contributed by atoms with Crippen molar-refractivity contribution in [2.24, 2.45) is 4.99 Å². The first-order chi connectivity index (χ1) is 15.5. The van der Waals surface area contributed by atoms with E-state index in [4.69, 9.17) is 14.2 Å². The second kappa shape index (κ2) is 7.61. The number of aromatic nitrogens is 1. The lowest BCUT2D eigenvalue weighted by Crippen LogP contribution is -2.35. The van der Waals surface area contributed by atoms with Crippen LogP contribution in [0.3, 0.4) is 0 Å². The fourth-order valence-corrected chi connectivity index (χ4v) is 4.61. The molecule has 10 nitrogen and oxygen atoms in total. The van der Waals surface area contributed by atoms with Crippen molar-refractivity contribution in [1.29, 1.82) is 0 Å². The van der Waals surface area contributed by atoms with Crippen LogP contribution >= 0.6 is 11.3 Å². The fourth-order valence-electron chi connectivity index (χ4n) is 3.55. The van der Waals surface area contributed by atoms with E-state index in [1.807, 2.05) is 0 Å². The largest absolute Gasteiger partial charge is 0.468 e. The zero-order valence-electron chi connectivity index (χ0n) is 16.7. The first-order valence-corrected chi connectivity index (χ1v) is 10.3. The highest BCUT2D eigenvalue weighted by Crippen LogP contribution is 2.37. The summed E-state index contributed by atoms with van der Waals surface area (Å²) in [5.41, 5.74) is 1.11. The highest BCUT2D eigenvalue weighted by Gasteiger charge is 2.36. The zero-order valence-corrected chi connectivity index (χ0v) is 17.5. The molecule has 2 aromatic carbocycles. The Morgan fingerprint density at radius 3 is 2.38 bits per heavy atom. The van der Waals surface area contributed by atoms with Gasteiger partial charge in [-0.05, 0) is 12.1 Å². The average molecular weight is 453 g/mol. The molecular formula is C21H15N3O7S. The summed E-state index contributed by atoms with van der Waals surface area (Å²) in [5.74, 6) is -1.26. The number of esters is 1. The Bertz CT molecular complexity index is 1350. The predicted octanol–water partition coefficient (Wildman–Crippen LogP) is 1.33. The van der Waals surface area contributed by atoms with Crippen LogP contribution in [-0.2, 0) is 20.9 Å². The molecule has 0 saturated carbocycles.